The van der Waals surface area contributed by atoms with Crippen molar-refractivity contribution in [3.63, 3.8) is 0 Å². The van der Waals surface area contributed by atoms with Gasteiger partial charge < -0.3 is 5.32 Å². The van der Waals surface area contributed by atoms with Crippen molar-refractivity contribution < 1.29 is 9.59 Å². The normalized spacial score (nSPS) is 26.8. The van der Waals surface area contributed by atoms with Crippen molar-refractivity contribution in [1.82, 2.24) is 5.32 Å². The van der Waals surface area contributed by atoms with E-state index < -0.39 is 0 Å². The summed E-state index contributed by atoms with van der Waals surface area (Å²) < 4.78 is 0. The number of ketones is 1. The predicted octanol–water partition coefficient (Wildman–Crippen LogP) is 1.13. The van der Waals surface area contributed by atoms with Crippen LogP contribution in [0.5, 0.6) is 0 Å². The molecule has 74 valence electrons. The average molecular weight is 183 g/mol. The summed E-state index contributed by atoms with van der Waals surface area (Å²) >= 11 is 0. The van der Waals surface area contributed by atoms with E-state index in [0.717, 1.165) is 6.42 Å². The van der Waals surface area contributed by atoms with Crippen molar-refractivity contribution in [1.29, 1.82) is 0 Å². The minimum atomic E-state index is -0.193. The van der Waals surface area contributed by atoms with E-state index in [1.54, 1.807) is 6.92 Å². The van der Waals surface area contributed by atoms with Gasteiger partial charge in [0.2, 0.25) is 5.91 Å². The van der Waals surface area contributed by atoms with Gasteiger partial charge in [-0.2, -0.15) is 0 Å². The number of Topliss-reactive ketones (excluding diaryl/α,β-unsaturated/α-hetero) is 1. The van der Waals surface area contributed by atoms with Crippen LogP contribution >= 0.6 is 0 Å². The highest BCUT2D eigenvalue weighted by molar-refractivity contribution is 5.92. The topological polar surface area (TPSA) is 46.2 Å². The highest BCUT2D eigenvalue weighted by Gasteiger charge is 2.46. The van der Waals surface area contributed by atoms with Gasteiger partial charge in [0.1, 0.15) is 5.78 Å². The Morgan fingerprint density at radius 3 is 2.08 bits per heavy atom. The van der Waals surface area contributed by atoms with Gasteiger partial charge in [-0.05, 0) is 34.1 Å². The van der Waals surface area contributed by atoms with E-state index in [0.29, 0.717) is 0 Å². The fourth-order valence-corrected chi connectivity index (χ4v) is 1.40. The molecule has 0 radical (unpaired) electrons. The molecule has 1 saturated carbocycles. The third-order valence-electron chi connectivity index (χ3n) is 2.15. The molecular weight excluding hydrogens is 166 g/mol. The van der Waals surface area contributed by atoms with Crippen LogP contribution in [0.15, 0.2) is 0 Å². The smallest absolute Gasteiger partial charge is 0.224 e. The van der Waals surface area contributed by atoms with Gasteiger partial charge in [-0.25, -0.2) is 0 Å². The monoisotopic (exact) mass is 183 g/mol. The zero-order valence-electron chi connectivity index (χ0n) is 8.68. The number of rotatable bonds is 2. The number of carbonyl (C=O) groups excluding carboxylic acids is 2. The quantitative estimate of drug-likeness (QED) is 0.697. The van der Waals surface area contributed by atoms with Crippen LogP contribution in [0, 0.1) is 11.8 Å². The third kappa shape index (κ3) is 2.83. The van der Waals surface area contributed by atoms with Crippen LogP contribution in [0.2, 0.25) is 0 Å². The highest BCUT2D eigenvalue weighted by atomic mass is 16.2. The Bertz CT molecular complexity index is 240. The lowest BCUT2D eigenvalue weighted by atomic mass is 10.1. The van der Waals surface area contributed by atoms with Crippen LogP contribution in [0.1, 0.15) is 34.1 Å². The van der Waals surface area contributed by atoms with Gasteiger partial charge >= 0.3 is 0 Å². The van der Waals surface area contributed by atoms with Crippen LogP contribution in [-0.4, -0.2) is 17.2 Å². The third-order valence-corrected chi connectivity index (χ3v) is 2.15. The van der Waals surface area contributed by atoms with E-state index >= 15 is 0 Å². The zero-order valence-corrected chi connectivity index (χ0v) is 8.68. The van der Waals surface area contributed by atoms with Gasteiger partial charge in [0.15, 0.2) is 0 Å². The molecule has 1 amide bonds. The second-order valence-electron chi connectivity index (χ2n) is 4.80. The lowest BCUT2D eigenvalue weighted by molar-refractivity contribution is -0.126. The van der Waals surface area contributed by atoms with Crippen molar-refractivity contribution in [3.8, 4) is 0 Å². The van der Waals surface area contributed by atoms with Gasteiger partial charge in [0.25, 0.3) is 0 Å². The lowest BCUT2D eigenvalue weighted by Crippen LogP contribution is -2.41. The molecule has 0 heterocycles. The second kappa shape index (κ2) is 3.13. The number of hydrogen-bond acceptors (Lipinski definition) is 2. The second-order valence-corrected chi connectivity index (χ2v) is 4.80. The molecule has 3 nitrogen and oxygen atoms in total. The Hall–Kier alpha value is -0.860. The average Bonchev–Trinajstić information content (AvgIpc) is 2.58. The first-order valence-electron chi connectivity index (χ1n) is 4.64. The van der Waals surface area contributed by atoms with Gasteiger partial charge in [-0.1, -0.05) is 0 Å². The predicted molar refractivity (Wildman–Crippen MR) is 50.2 cm³/mol. The molecule has 0 aromatic carbocycles. The first-order chi connectivity index (χ1) is 5.81. The van der Waals surface area contributed by atoms with E-state index in [9.17, 15) is 9.59 Å². The summed E-state index contributed by atoms with van der Waals surface area (Å²) in [5.74, 6) is 0.0841. The molecule has 1 N–H and O–H groups in total. The molecular formula is C10H17NO2. The molecule has 1 aliphatic carbocycles. The summed E-state index contributed by atoms with van der Waals surface area (Å²) in [4.78, 5) is 22.4. The summed E-state index contributed by atoms with van der Waals surface area (Å²) in [5, 5.41) is 2.87. The van der Waals surface area contributed by atoms with E-state index in [2.05, 4.69) is 5.32 Å². The summed E-state index contributed by atoms with van der Waals surface area (Å²) in [6.07, 6.45) is 0.733. The largest absolute Gasteiger partial charge is 0.351 e. The van der Waals surface area contributed by atoms with Crippen LogP contribution in [0.4, 0.5) is 0 Å². The molecule has 2 atom stereocenters. The molecule has 0 aliphatic heterocycles. The molecule has 0 spiro atoms. The van der Waals surface area contributed by atoms with Crippen LogP contribution in [0.3, 0.4) is 0 Å². The first-order valence-corrected chi connectivity index (χ1v) is 4.64. The van der Waals surface area contributed by atoms with Gasteiger partial charge in [-0.3, -0.25) is 9.59 Å². The van der Waals surface area contributed by atoms with Crippen LogP contribution < -0.4 is 5.32 Å². The zero-order chi connectivity index (χ0) is 10.2. The van der Waals surface area contributed by atoms with E-state index in [1.165, 1.54) is 0 Å². The standard InChI is InChI=1S/C10H17NO2/c1-6(12)7-5-8(7)9(13)11-10(2,3)4/h7-8H,5H2,1-4H3,(H,11,13)/t7-,8+/m1/s1. The Labute approximate surface area is 78.9 Å². The molecule has 0 aromatic rings. The molecule has 0 unspecified atom stereocenters. The maximum atomic E-state index is 11.5. The molecule has 1 aliphatic rings. The fraction of sp³-hybridized carbons (Fsp3) is 0.800. The Balaban J connectivity index is 2.40. The summed E-state index contributed by atoms with van der Waals surface area (Å²) in [6.45, 7) is 7.37. The Morgan fingerprint density at radius 1 is 1.23 bits per heavy atom. The molecule has 1 rings (SSSR count). The van der Waals surface area contributed by atoms with Crippen molar-refractivity contribution in [3.05, 3.63) is 0 Å². The minimum absolute atomic E-state index is 0.0117. The molecule has 0 aromatic heterocycles. The Kier molecular flexibility index (Phi) is 2.46. The van der Waals surface area contributed by atoms with Crippen molar-refractivity contribution in [2.45, 2.75) is 39.7 Å². The van der Waals surface area contributed by atoms with E-state index in [4.69, 9.17) is 0 Å². The fourth-order valence-electron chi connectivity index (χ4n) is 1.40. The number of hydrogen-bond donors (Lipinski definition) is 1. The van der Waals surface area contributed by atoms with Crippen molar-refractivity contribution in [2.75, 3.05) is 0 Å². The molecule has 1 fully saturated rings. The van der Waals surface area contributed by atoms with Crippen LogP contribution in [-0.2, 0) is 9.59 Å². The van der Waals surface area contributed by atoms with Crippen molar-refractivity contribution in [2.24, 2.45) is 11.8 Å². The number of carbonyl (C=O) groups is 2. The molecule has 13 heavy (non-hydrogen) atoms. The molecule has 0 saturated heterocycles. The van der Waals surface area contributed by atoms with Gasteiger partial charge in [0.05, 0.1) is 0 Å². The minimum Gasteiger partial charge on any atom is -0.351 e. The van der Waals surface area contributed by atoms with Crippen molar-refractivity contribution >= 4 is 11.7 Å². The van der Waals surface area contributed by atoms with E-state index in [-0.39, 0.29) is 29.1 Å². The number of nitrogens with one attached hydrogen (secondary N) is 1. The molecule has 3 heteroatoms. The summed E-state index contributed by atoms with van der Waals surface area (Å²) in [6, 6.07) is 0. The maximum absolute atomic E-state index is 11.5. The molecule has 0 bridgehead atoms. The Morgan fingerprint density at radius 2 is 1.77 bits per heavy atom. The SMILES string of the molecule is CC(=O)[C@H]1C[C@@H]1C(=O)NC(C)(C)C. The van der Waals surface area contributed by atoms with E-state index in [1.807, 2.05) is 20.8 Å². The maximum Gasteiger partial charge on any atom is 0.224 e. The summed E-state index contributed by atoms with van der Waals surface area (Å²) in [7, 11) is 0. The first kappa shape index (κ1) is 10.2. The summed E-state index contributed by atoms with van der Waals surface area (Å²) in [5.41, 5.74) is -0.193. The van der Waals surface area contributed by atoms with Crippen LogP contribution in [0.25, 0.3) is 0 Å². The number of amides is 1. The lowest BCUT2D eigenvalue weighted by Gasteiger charge is -2.20. The van der Waals surface area contributed by atoms with Gasteiger partial charge in [0, 0.05) is 17.4 Å². The highest BCUT2D eigenvalue weighted by Crippen LogP contribution is 2.39. The van der Waals surface area contributed by atoms with Gasteiger partial charge in [-0.15, -0.1) is 0 Å².